The zero-order chi connectivity index (χ0) is 12.5. The third-order valence-corrected chi connectivity index (χ3v) is 4.04. The highest BCUT2D eigenvalue weighted by Gasteiger charge is 2.25. The van der Waals surface area contributed by atoms with E-state index in [1.165, 1.54) is 16.9 Å². The highest BCUT2D eigenvalue weighted by Crippen LogP contribution is 2.17. The molecule has 1 aliphatic heterocycles. The summed E-state index contributed by atoms with van der Waals surface area (Å²) in [4.78, 5) is 12.8. The molecule has 90 valence electrons. The fraction of sp³-hybridized carbons (Fsp3) is 0.143. The summed E-state index contributed by atoms with van der Waals surface area (Å²) in [6, 6.07) is 11.8. The first kappa shape index (κ1) is 11.2. The monoisotopic (exact) mass is 257 g/mol. The van der Waals surface area contributed by atoms with Crippen LogP contribution >= 0.6 is 11.3 Å². The van der Waals surface area contributed by atoms with E-state index < -0.39 is 0 Å². The number of amidine groups is 1. The molecule has 4 heteroatoms. The van der Waals surface area contributed by atoms with E-state index in [0.29, 0.717) is 12.4 Å². The maximum atomic E-state index is 12.1. The highest BCUT2D eigenvalue weighted by molar-refractivity contribution is 7.12. The third kappa shape index (κ3) is 1.84. The van der Waals surface area contributed by atoms with E-state index in [1.807, 2.05) is 40.3 Å². The van der Waals surface area contributed by atoms with Crippen LogP contribution in [0, 0.1) is 0 Å². The predicted octanol–water partition coefficient (Wildman–Crippen LogP) is 1.86. The number of fused-ring (bicyclic) bond motifs is 1. The lowest BCUT2D eigenvalue weighted by molar-refractivity contribution is -0.526. The van der Waals surface area contributed by atoms with Crippen molar-refractivity contribution in [2.45, 2.75) is 6.54 Å². The quantitative estimate of drug-likeness (QED) is 0.674. The minimum atomic E-state index is 0.126. The Bertz CT molecular complexity index is 629. The van der Waals surface area contributed by atoms with E-state index in [-0.39, 0.29) is 5.78 Å². The summed E-state index contributed by atoms with van der Waals surface area (Å²) in [6.45, 7) is 1.07. The molecule has 0 spiro atoms. The van der Waals surface area contributed by atoms with Crippen LogP contribution in [-0.4, -0.2) is 22.7 Å². The Morgan fingerprint density at radius 1 is 1.28 bits per heavy atom. The Labute approximate surface area is 109 Å². The molecule has 0 bridgehead atoms. The second-order valence-corrected chi connectivity index (χ2v) is 5.25. The molecular weight excluding hydrogens is 244 g/mol. The molecule has 1 aromatic carbocycles. The van der Waals surface area contributed by atoms with E-state index in [9.17, 15) is 4.79 Å². The lowest BCUT2D eigenvalue weighted by atomic mass is 10.1. The third-order valence-electron chi connectivity index (χ3n) is 3.13. The van der Waals surface area contributed by atoms with Crippen molar-refractivity contribution in [3.8, 4) is 0 Å². The number of thiophene rings is 1. The molecule has 3 rings (SSSR count). The molecule has 0 amide bonds. The van der Waals surface area contributed by atoms with Crippen molar-refractivity contribution in [1.82, 2.24) is 0 Å². The van der Waals surface area contributed by atoms with Gasteiger partial charge in [0.05, 0.1) is 10.4 Å². The van der Waals surface area contributed by atoms with Gasteiger partial charge in [-0.25, -0.2) is 4.58 Å². The molecular formula is C14H13N2OS+. The molecule has 0 atom stereocenters. The van der Waals surface area contributed by atoms with E-state index in [0.717, 1.165) is 17.0 Å². The molecule has 1 aromatic heterocycles. The van der Waals surface area contributed by atoms with Gasteiger partial charge in [0.1, 0.15) is 13.1 Å². The van der Waals surface area contributed by atoms with Gasteiger partial charge < -0.3 is 0 Å². The molecule has 0 saturated carbocycles. The fourth-order valence-electron chi connectivity index (χ4n) is 2.20. The number of carbonyl (C=O) groups excluding carboxylic acids is 1. The molecule has 18 heavy (non-hydrogen) atoms. The Morgan fingerprint density at radius 3 is 2.83 bits per heavy atom. The van der Waals surface area contributed by atoms with Crippen LogP contribution in [0.15, 0.2) is 41.8 Å². The number of nitrogens with zero attached hydrogens (tertiary/aromatic N) is 1. The summed E-state index contributed by atoms with van der Waals surface area (Å²) in [5, 5.41) is 1.92. The fourth-order valence-corrected chi connectivity index (χ4v) is 2.86. The first-order valence-electron chi connectivity index (χ1n) is 5.78. The molecule has 2 N–H and O–H groups in total. The Balaban J connectivity index is 1.84. The molecule has 0 radical (unpaired) electrons. The van der Waals surface area contributed by atoms with Gasteiger partial charge in [-0.15, -0.1) is 11.3 Å². The number of Topliss-reactive ketones (excluding diaryl/α,β-unsaturated/α-hetero) is 1. The average molecular weight is 257 g/mol. The Morgan fingerprint density at radius 2 is 2.11 bits per heavy atom. The minimum absolute atomic E-state index is 0.126. The largest absolute Gasteiger partial charge is 0.289 e. The summed E-state index contributed by atoms with van der Waals surface area (Å²) in [7, 11) is 0. The van der Waals surface area contributed by atoms with Crippen molar-refractivity contribution >= 4 is 23.0 Å². The van der Waals surface area contributed by atoms with Gasteiger partial charge in [0, 0.05) is 5.56 Å². The van der Waals surface area contributed by atoms with Gasteiger partial charge in [-0.1, -0.05) is 24.3 Å². The lowest BCUT2D eigenvalue weighted by Crippen LogP contribution is -2.27. The zero-order valence-corrected chi connectivity index (χ0v) is 10.6. The van der Waals surface area contributed by atoms with E-state index in [1.54, 1.807) is 0 Å². The van der Waals surface area contributed by atoms with Crippen LogP contribution in [-0.2, 0) is 6.54 Å². The van der Waals surface area contributed by atoms with Crippen LogP contribution in [0.2, 0.25) is 0 Å². The SMILES string of the molecule is NC1=[N+](CC(=O)c2cccs2)Cc2ccccc21. The van der Waals surface area contributed by atoms with Crippen LogP contribution < -0.4 is 5.73 Å². The van der Waals surface area contributed by atoms with Crippen LogP contribution in [0.1, 0.15) is 20.8 Å². The van der Waals surface area contributed by atoms with Gasteiger partial charge in [0.15, 0.2) is 0 Å². The zero-order valence-electron chi connectivity index (χ0n) is 9.80. The van der Waals surface area contributed by atoms with Gasteiger partial charge in [0.2, 0.25) is 5.78 Å². The molecule has 2 heterocycles. The number of benzene rings is 1. The Kier molecular flexibility index (Phi) is 2.72. The summed E-state index contributed by atoms with van der Waals surface area (Å²) < 4.78 is 1.94. The molecule has 1 aliphatic rings. The summed E-state index contributed by atoms with van der Waals surface area (Å²) in [5.74, 6) is 0.830. The summed E-state index contributed by atoms with van der Waals surface area (Å²) in [6.07, 6.45) is 0. The standard InChI is InChI=1S/C14H12N2OS/c15-14-11-5-2-1-4-10(11)8-16(14)9-12(17)13-6-3-7-18-13/h1-7,15H,8-9H2/p+1. The topological polar surface area (TPSA) is 46.1 Å². The van der Waals surface area contributed by atoms with Gasteiger partial charge in [-0.05, 0) is 17.5 Å². The highest BCUT2D eigenvalue weighted by atomic mass is 32.1. The maximum absolute atomic E-state index is 12.1. The molecule has 0 aliphatic carbocycles. The first-order valence-corrected chi connectivity index (χ1v) is 6.66. The summed E-state index contributed by atoms with van der Waals surface area (Å²) >= 11 is 1.47. The number of ketones is 1. The van der Waals surface area contributed by atoms with Crippen molar-refractivity contribution in [2.75, 3.05) is 6.54 Å². The molecule has 0 fully saturated rings. The number of nitrogens with two attached hydrogens (primary N) is 1. The molecule has 0 unspecified atom stereocenters. The van der Waals surface area contributed by atoms with Gasteiger partial charge >= 0.3 is 0 Å². The number of carbonyl (C=O) groups is 1. The Hall–Kier alpha value is -1.94. The van der Waals surface area contributed by atoms with Crippen molar-refractivity contribution in [1.29, 1.82) is 0 Å². The molecule has 0 saturated heterocycles. The van der Waals surface area contributed by atoms with Crippen LogP contribution in [0.4, 0.5) is 0 Å². The second kappa shape index (κ2) is 4.38. The maximum Gasteiger partial charge on any atom is 0.276 e. The predicted molar refractivity (Wildman–Crippen MR) is 72.2 cm³/mol. The van der Waals surface area contributed by atoms with Crippen molar-refractivity contribution in [3.05, 3.63) is 57.8 Å². The smallest absolute Gasteiger partial charge is 0.276 e. The van der Waals surface area contributed by atoms with E-state index in [4.69, 9.17) is 5.73 Å². The van der Waals surface area contributed by atoms with Gasteiger partial charge in [0.25, 0.3) is 5.84 Å². The normalized spacial score (nSPS) is 13.8. The number of hydrogen-bond donors (Lipinski definition) is 1. The number of hydrogen-bond acceptors (Lipinski definition) is 3. The lowest BCUT2D eigenvalue weighted by Gasteiger charge is -2.00. The minimum Gasteiger partial charge on any atom is -0.289 e. The number of rotatable bonds is 3. The molecule has 2 aromatic rings. The molecule has 3 nitrogen and oxygen atoms in total. The second-order valence-electron chi connectivity index (χ2n) is 4.30. The first-order chi connectivity index (χ1) is 8.75. The van der Waals surface area contributed by atoms with Gasteiger partial charge in [-0.3, -0.25) is 10.5 Å². The van der Waals surface area contributed by atoms with E-state index in [2.05, 4.69) is 6.07 Å². The van der Waals surface area contributed by atoms with Crippen LogP contribution in [0.3, 0.4) is 0 Å². The van der Waals surface area contributed by atoms with Crippen LogP contribution in [0.25, 0.3) is 0 Å². The van der Waals surface area contributed by atoms with Crippen molar-refractivity contribution in [2.24, 2.45) is 5.73 Å². The van der Waals surface area contributed by atoms with Crippen molar-refractivity contribution < 1.29 is 9.37 Å². The van der Waals surface area contributed by atoms with Crippen LogP contribution in [0.5, 0.6) is 0 Å². The van der Waals surface area contributed by atoms with Gasteiger partial charge in [-0.2, -0.15) is 0 Å². The van der Waals surface area contributed by atoms with E-state index >= 15 is 0 Å². The average Bonchev–Trinajstić information content (AvgIpc) is 3.00. The summed E-state index contributed by atoms with van der Waals surface area (Å²) in [5.41, 5.74) is 8.33. The van der Waals surface area contributed by atoms with Crippen molar-refractivity contribution in [3.63, 3.8) is 0 Å².